The van der Waals surface area contributed by atoms with Crippen LogP contribution >= 0.6 is 15.9 Å². The van der Waals surface area contributed by atoms with E-state index in [4.69, 9.17) is 5.73 Å². The zero-order chi connectivity index (χ0) is 9.84. The summed E-state index contributed by atoms with van der Waals surface area (Å²) in [7, 11) is 0. The first-order valence-corrected chi connectivity index (χ1v) is 5.46. The fourth-order valence-corrected chi connectivity index (χ4v) is 2.13. The van der Waals surface area contributed by atoms with Gasteiger partial charge in [-0.3, -0.25) is 0 Å². The number of hydrogen-bond acceptors (Lipinski definition) is 1. The molecule has 2 N–H and O–H groups in total. The van der Waals surface area contributed by atoms with Crippen LogP contribution in [-0.4, -0.2) is 0 Å². The largest absolute Gasteiger partial charge is 0.326 e. The molecule has 0 spiro atoms. The third kappa shape index (κ3) is 2.55. The highest BCUT2D eigenvalue weighted by atomic mass is 79.9. The molecule has 0 saturated heterocycles. The summed E-state index contributed by atoms with van der Waals surface area (Å²) in [5, 5.41) is 0. The average molecular weight is 242 g/mol. The number of nitrogens with two attached hydrogens (primary N) is 1. The highest BCUT2D eigenvalue weighted by Crippen LogP contribution is 2.27. The van der Waals surface area contributed by atoms with Crippen LogP contribution in [0.2, 0.25) is 0 Å². The van der Waals surface area contributed by atoms with Crippen LogP contribution < -0.4 is 5.73 Å². The normalized spacial score (nSPS) is 12.9. The maximum Gasteiger partial charge on any atom is 0.0213 e. The fraction of sp³-hybridized carbons (Fsp3) is 0.455. The Labute approximate surface area is 88.5 Å². The van der Waals surface area contributed by atoms with Crippen molar-refractivity contribution in [2.75, 3.05) is 0 Å². The molecule has 0 saturated carbocycles. The third-order valence-electron chi connectivity index (χ3n) is 2.44. The zero-order valence-corrected chi connectivity index (χ0v) is 9.76. The molecule has 0 amide bonds. The Kier molecular flexibility index (Phi) is 3.94. The van der Waals surface area contributed by atoms with Crippen LogP contribution in [0.25, 0.3) is 0 Å². The molecular weight excluding hydrogens is 226 g/mol. The lowest BCUT2D eigenvalue weighted by atomic mass is 9.98. The van der Waals surface area contributed by atoms with E-state index in [2.05, 4.69) is 48.0 Å². The van der Waals surface area contributed by atoms with Gasteiger partial charge in [-0.1, -0.05) is 41.9 Å². The van der Waals surface area contributed by atoms with Crippen LogP contribution in [0.5, 0.6) is 0 Å². The van der Waals surface area contributed by atoms with Gasteiger partial charge >= 0.3 is 0 Å². The van der Waals surface area contributed by atoms with Gasteiger partial charge in [0.05, 0.1) is 0 Å². The van der Waals surface area contributed by atoms with Gasteiger partial charge in [0.15, 0.2) is 0 Å². The van der Waals surface area contributed by atoms with E-state index in [1.165, 1.54) is 22.0 Å². The van der Waals surface area contributed by atoms with E-state index in [0.29, 0.717) is 12.5 Å². The first-order chi connectivity index (χ1) is 6.19. The van der Waals surface area contributed by atoms with Gasteiger partial charge < -0.3 is 5.73 Å². The minimum Gasteiger partial charge on any atom is -0.326 e. The van der Waals surface area contributed by atoms with Crippen LogP contribution in [0.1, 0.15) is 37.3 Å². The molecule has 0 aliphatic heterocycles. The van der Waals surface area contributed by atoms with E-state index in [-0.39, 0.29) is 0 Å². The molecule has 1 aromatic rings. The van der Waals surface area contributed by atoms with Crippen molar-refractivity contribution in [1.82, 2.24) is 0 Å². The summed E-state index contributed by atoms with van der Waals surface area (Å²) in [5.74, 6) is 0.612. The van der Waals surface area contributed by atoms with Crippen molar-refractivity contribution in [3.8, 4) is 0 Å². The Morgan fingerprint density at radius 1 is 1.46 bits per heavy atom. The van der Waals surface area contributed by atoms with E-state index < -0.39 is 0 Å². The predicted molar refractivity (Wildman–Crippen MR) is 60.7 cm³/mol. The second-order valence-corrected chi connectivity index (χ2v) is 4.22. The molecule has 1 atom stereocenters. The topological polar surface area (TPSA) is 26.0 Å². The van der Waals surface area contributed by atoms with E-state index in [1.54, 1.807) is 0 Å². The quantitative estimate of drug-likeness (QED) is 0.863. The van der Waals surface area contributed by atoms with E-state index >= 15 is 0 Å². The molecule has 1 nitrogen and oxygen atoms in total. The van der Waals surface area contributed by atoms with E-state index in [9.17, 15) is 0 Å². The summed E-state index contributed by atoms with van der Waals surface area (Å²) in [5.41, 5.74) is 8.11. The van der Waals surface area contributed by atoms with Crippen LogP contribution in [0, 0.1) is 0 Å². The molecule has 0 aromatic heterocycles. The lowest BCUT2D eigenvalue weighted by molar-refractivity contribution is 0.729. The lowest BCUT2D eigenvalue weighted by Crippen LogP contribution is -1.98. The smallest absolute Gasteiger partial charge is 0.0213 e. The third-order valence-corrected chi connectivity index (χ3v) is 3.13. The molecule has 72 valence electrons. The highest BCUT2D eigenvalue weighted by Gasteiger charge is 2.07. The fourth-order valence-electron chi connectivity index (χ4n) is 1.32. The average Bonchev–Trinajstić information content (AvgIpc) is 2.16. The summed E-state index contributed by atoms with van der Waals surface area (Å²) in [6, 6.07) is 6.38. The standard InChI is InChI=1S/C11H16BrN/c1-3-8(2)10-5-4-9(7-13)6-11(10)12/h4-6,8H,3,7,13H2,1-2H3. The SMILES string of the molecule is CCC(C)c1ccc(CN)cc1Br. The molecule has 0 fully saturated rings. The predicted octanol–water partition coefficient (Wildman–Crippen LogP) is 3.42. The summed E-state index contributed by atoms with van der Waals surface area (Å²) < 4.78 is 1.18. The van der Waals surface area contributed by atoms with Crippen molar-refractivity contribution < 1.29 is 0 Å². The number of hydrogen-bond donors (Lipinski definition) is 1. The van der Waals surface area contributed by atoms with Gasteiger partial charge in [0, 0.05) is 11.0 Å². The van der Waals surface area contributed by atoms with Gasteiger partial charge in [0.1, 0.15) is 0 Å². The summed E-state index contributed by atoms with van der Waals surface area (Å²) in [6.07, 6.45) is 1.17. The monoisotopic (exact) mass is 241 g/mol. The van der Waals surface area contributed by atoms with Crippen LogP contribution in [0.3, 0.4) is 0 Å². The highest BCUT2D eigenvalue weighted by molar-refractivity contribution is 9.10. The molecule has 0 bridgehead atoms. The van der Waals surface area contributed by atoms with Crippen molar-refractivity contribution in [3.63, 3.8) is 0 Å². The molecule has 1 aromatic carbocycles. The van der Waals surface area contributed by atoms with Gasteiger partial charge in [-0.15, -0.1) is 0 Å². The first kappa shape index (κ1) is 10.7. The van der Waals surface area contributed by atoms with Crippen LogP contribution in [0.4, 0.5) is 0 Å². The second-order valence-electron chi connectivity index (χ2n) is 3.37. The van der Waals surface area contributed by atoms with Gasteiger partial charge in [-0.25, -0.2) is 0 Å². The van der Waals surface area contributed by atoms with Gasteiger partial charge in [-0.2, -0.15) is 0 Å². The Bertz CT molecular complexity index is 283. The van der Waals surface area contributed by atoms with E-state index in [1.807, 2.05) is 0 Å². The van der Waals surface area contributed by atoms with E-state index in [0.717, 1.165) is 0 Å². The van der Waals surface area contributed by atoms with Crippen LogP contribution in [0.15, 0.2) is 22.7 Å². The minimum atomic E-state index is 0.611. The molecule has 0 aliphatic rings. The lowest BCUT2D eigenvalue weighted by Gasteiger charge is -2.12. The van der Waals surface area contributed by atoms with Crippen LogP contribution in [-0.2, 0) is 6.54 Å². The molecule has 1 unspecified atom stereocenters. The Hall–Kier alpha value is -0.340. The number of benzene rings is 1. The van der Waals surface area contributed by atoms with Crippen molar-refractivity contribution in [2.24, 2.45) is 5.73 Å². The second kappa shape index (κ2) is 4.77. The Balaban J connectivity index is 2.98. The first-order valence-electron chi connectivity index (χ1n) is 4.67. The maximum atomic E-state index is 5.56. The molecule has 2 heteroatoms. The van der Waals surface area contributed by atoms with Gasteiger partial charge in [0.25, 0.3) is 0 Å². The van der Waals surface area contributed by atoms with Crippen molar-refractivity contribution in [1.29, 1.82) is 0 Å². The number of halogens is 1. The molecule has 0 aliphatic carbocycles. The molecule has 13 heavy (non-hydrogen) atoms. The van der Waals surface area contributed by atoms with Gasteiger partial charge in [-0.05, 0) is 29.5 Å². The van der Waals surface area contributed by atoms with Crippen molar-refractivity contribution in [2.45, 2.75) is 32.7 Å². The van der Waals surface area contributed by atoms with Gasteiger partial charge in [0.2, 0.25) is 0 Å². The number of rotatable bonds is 3. The maximum absolute atomic E-state index is 5.56. The molecule has 0 radical (unpaired) electrons. The molecule has 1 rings (SSSR count). The van der Waals surface area contributed by atoms with Crippen molar-refractivity contribution in [3.05, 3.63) is 33.8 Å². The minimum absolute atomic E-state index is 0.611. The molecule has 0 heterocycles. The molecular formula is C11H16BrN. The van der Waals surface area contributed by atoms with Crippen molar-refractivity contribution >= 4 is 15.9 Å². The zero-order valence-electron chi connectivity index (χ0n) is 8.18. The summed E-state index contributed by atoms with van der Waals surface area (Å²) >= 11 is 3.57. The summed E-state index contributed by atoms with van der Waals surface area (Å²) in [6.45, 7) is 5.05. The Morgan fingerprint density at radius 2 is 2.15 bits per heavy atom. The summed E-state index contributed by atoms with van der Waals surface area (Å²) in [4.78, 5) is 0. The Morgan fingerprint density at radius 3 is 2.62 bits per heavy atom.